The van der Waals surface area contributed by atoms with Crippen molar-refractivity contribution in [3.63, 3.8) is 0 Å². The number of carbonyl (C=O) groups is 1. The molecule has 0 heterocycles. The van der Waals surface area contributed by atoms with Gasteiger partial charge in [-0.1, -0.05) is 30.3 Å². The first kappa shape index (κ1) is 20.4. The summed E-state index contributed by atoms with van der Waals surface area (Å²) in [6.45, 7) is 4.82. The summed E-state index contributed by atoms with van der Waals surface area (Å²) in [7, 11) is 0. The van der Waals surface area contributed by atoms with Crippen LogP contribution in [-0.4, -0.2) is 43.5 Å². The van der Waals surface area contributed by atoms with Gasteiger partial charge in [0, 0.05) is 32.6 Å². The van der Waals surface area contributed by atoms with Crippen LogP contribution in [0.2, 0.25) is 0 Å². The van der Waals surface area contributed by atoms with E-state index in [9.17, 15) is 4.79 Å². The molecule has 1 rings (SSSR count). The molecule has 0 unspecified atom stereocenters. The Kier molecular flexibility index (Phi) is 11.6. The van der Waals surface area contributed by atoms with Gasteiger partial charge in [0.25, 0.3) is 0 Å². The molecule has 0 spiro atoms. The van der Waals surface area contributed by atoms with Crippen LogP contribution in [-0.2, 0) is 11.3 Å². The zero-order chi connectivity index (χ0) is 17.5. The molecule has 6 heteroatoms. The third-order valence-electron chi connectivity index (χ3n) is 3.35. The molecule has 1 aromatic rings. The lowest BCUT2D eigenvalue weighted by Crippen LogP contribution is -2.39. The van der Waals surface area contributed by atoms with Gasteiger partial charge < -0.3 is 16.0 Å². The van der Waals surface area contributed by atoms with Crippen LogP contribution in [0.15, 0.2) is 35.3 Å². The van der Waals surface area contributed by atoms with Crippen molar-refractivity contribution in [1.29, 1.82) is 0 Å². The van der Waals surface area contributed by atoms with Gasteiger partial charge >= 0.3 is 0 Å². The van der Waals surface area contributed by atoms with Crippen LogP contribution in [0.4, 0.5) is 0 Å². The average molecular weight is 351 g/mol. The van der Waals surface area contributed by atoms with Crippen LogP contribution < -0.4 is 16.0 Å². The van der Waals surface area contributed by atoms with Crippen LogP contribution >= 0.6 is 11.8 Å². The van der Waals surface area contributed by atoms with E-state index in [2.05, 4.69) is 27.2 Å². The molecule has 0 bridgehead atoms. The Labute approximate surface area is 150 Å². The topological polar surface area (TPSA) is 65.5 Å². The van der Waals surface area contributed by atoms with Crippen molar-refractivity contribution in [2.75, 3.05) is 31.6 Å². The van der Waals surface area contributed by atoms with E-state index in [-0.39, 0.29) is 5.91 Å². The molecule has 0 radical (unpaired) electrons. The maximum Gasteiger partial charge on any atom is 0.222 e. The van der Waals surface area contributed by atoms with Gasteiger partial charge in [-0.15, -0.1) is 0 Å². The summed E-state index contributed by atoms with van der Waals surface area (Å²) in [5.74, 6) is 2.01. The monoisotopic (exact) mass is 350 g/mol. The number of thioether (sulfide) groups is 1. The number of carbonyl (C=O) groups excluding carboxylic acids is 1. The number of hydrogen-bond donors (Lipinski definition) is 3. The third-order valence-corrected chi connectivity index (χ3v) is 4.04. The highest BCUT2D eigenvalue weighted by atomic mass is 32.2. The molecule has 0 saturated carbocycles. The lowest BCUT2D eigenvalue weighted by Gasteiger charge is -2.11. The number of guanidine groups is 1. The van der Waals surface area contributed by atoms with Gasteiger partial charge in [0.1, 0.15) is 0 Å². The third kappa shape index (κ3) is 10.2. The van der Waals surface area contributed by atoms with Gasteiger partial charge in [0.15, 0.2) is 5.96 Å². The van der Waals surface area contributed by atoms with E-state index in [4.69, 9.17) is 0 Å². The normalized spacial score (nSPS) is 11.2. The molecule has 0 atom stereocenters. The van der Waals surface area contributed by atoms with Crippen molar-refractivity contribution in [3.8, 4) is 0 Å². The molecular formula is C18H30N4OS. The maximum absolute atomic E-state index is 11.9. The second kappa shape index (κ2) is 13.7. The van der Waals surface area contributed by atoms with E-state index in [1.54, 1.807) is 0 Å². The van der Waals surface area contributed by atoms with Gasteiger partial charge in [-0.3, -0.25) is 9.79 Å². The standard InChI is InChI=1S/C18H30N4OS/c1-3-19-18(20-12-7-8-14-24-2)21-13-11-17(23)22-15-16-9-5-4-6-10-16/h4-6,9-10H,3,7-8,11-15H2,1-2H3,(H,22,23)(H2,19,20,21). The smallest absolute Gasteiger partial charge is 0.222 e. The van der Waals surface area contributed by atoms with E-state index in [1.165, 1.54) is 12.2 Å². The summed E-state index contributed by atoms with van der Waals surface area (Å²) in [6, 6.07) is 9.93. The molecule has 0 aliphatic rings. The summed E-state index contributed by atoms with van der Waals surface area (Å²) in [4.78, 5) is 16.4. The lowest BCUT2D eigenvalue weighted by molar-refractivity contribution is -0.121. The summed E-state index contributed by atoms with van der Waals surface area (Å²) < 4.78 is 0. The summed E-state index contributed by atoms with van der Waals surface area (Å²) in [5.41, 5.74) is 1.11. The summed E-state index contributed by atoms with van der Waals surface area (Å²) in [6.07, 6.45) is 4.84. The van der Waals surface area contributed by atoms with Gasteiger partial charge in [0.2, 0.25) is 5.91 Å². The fourth-order valence-corrected chi connectivity index (χ4v) is 2.56. The first-order chi connectivity index (χ1) is 11.8. The molecule has 0 fully saturated rings. The molecule has 1 aromatic carbocycles. The largest absolute Gasteiger partial charge is 0.357 e. The zero-order valence-electron chi connectivity index (χ0n) is 14.8. The Morgan fingerprint density at radius 1 is 1.12 bits per heavy atom. The molecule has 0 aliphatic heterocycles. The van der Waals surface area contributed by atoms with Gasteiger partial charge in [-0.05, 0) is 37.3 Å². The van der Waals surface area contributed by atoms with Crippen molar-refractivity contribution < 1.29 is 4.79 Å². The fourth-order valence-electron chi connectivity index (χ4n) is 2.07. The number of nitrogens with one attached hydrogen (secondary N) is 3. The summed E-state index contributed by atoms with van der Waals surface area (Å²) >= 11 is 1.87. The van der Waals surface area contributed by atoms with Crippen LogP contribution in [0.1, 0.15) is 31.7 Å². The minimum atomic E-state index is 0.0437. The minimum Gasteiger partial charge on any atom is -0.357 e. The van der Waals surface area contributed by atoms with Crippen LogP contribution in [0, 0.1) is 0 Å². The van der Waals surface area contributed by atoms with Crippen LogP contribution in [0.25, 0.3) is 0 Å². The molecule has 5 nitrogen and oxygen atoms in total. The number of aliphatic imine (C=N–C) groups is 1. The highest BCUT2D eigenvalue weighted by Gasteiger charge is 2.02. The zero-order valence-corrected chi connectivity index (χ0v) is 15.6. The highest BCUT2D eigenvalue weighted by molar-refractivity contribution is 7.98. The number of amides is 1. The van der Waals surface area contributed by atoms with E-state index in [0.717, 1.165) is 31.0 Å². The highest BCUT2D eigenvalue weighted by Crippen LogP contribution is 1.99. The first-order valence-corrected chi connectivity index (χ1v) is 9.97. The number of unbranched alkanes of at least 4 members (excludes halogenated alkanes) is 1. The Hall–Kier alpha value is -1.69. The second-order valence-corrected chi connectivity index (χ2v) is 6.39. The quantitative estimate of drug-likeness (QED) is 0.326. The van der Waals surface area contributed by atoms with Crippen LogP contribution in [0.5, 0.6) is 0 Å². The Morgan fingerprint density at radius 2 is 1.92 bits per heavy atom. The Bertz CT molecular complexity index is 479. The SMILES string of the molecule is CCNC(=NCCCCSC)NCCC(=O)NCc1ccccc1. The number of hydrogen-bond acceptors (Lipinski definition) is 3. The molecular weight excluding hydrogens is 320 g/mol. The molecule has 0 saturated heterocycles. The summed E-state index contributed by atoms with van der Waals surface area (Å²) in [5, 5.41) is 9.35. The average Bonchev–Trinajstić information content (AvgIpc) is 2.60. The lowest BCUT2D eigenvalue weighted by atomic mass is 10.2. The predicted molar refractivity (Wildman–Crippen MR) is 105 cm³/mol. The number of rotatable bonds is 11. The van der Waals surface area contributed by atoms with Gasteiger partial charge in [0.05, 0.1) is 0 Å². The van der Waals surface area contributed by atoms with Crippen LogP contribution in [0.3, 0.4) is 0 Å². The number of benzene rings is 1. The van der Waals surface area contributed by atoms with Crippen molar-refractivity contribution in [1.82, 2.24) is 16.0 Å². The van der Waals surface area contributed by atoms with Crippen molar-refractivity contribution in [3.05, 3.63) is 35.9 Å². The first-order valence-electron chi connectivity index (χ1n) is 8.58. The molecule has 24 heavy (non-hydrogen) atoms. The maximum atomic E-state index is 11.9. The van der Waals surface area contributed by atoms with Crippen molar-refractivity contribution >= 4 is 23.6 Å². The molecule has 134 valence electrons. The van der Waals surface area contributed by atoms with Gasteiger partial charge in [-0.25, -0.2) is 0 Å². The second-order valence-electron chi connectivity index (χ2n) is 5.40. The molecule has 3 N–H and O–H groups in total. The molecule has 0 aliphatic carbocycles. The van der Waals surface area contributed by atoms with E-state index < -0.39 is 0 Å². The molecule has 0 aromatic heterocycles. The molecule has 1 amide bonds. The minimum absolute atomic E-state index is 0.0437. The van der Waals surface area contributed by atoms with E-state index in [1.807, 2.05) is 49.0 Å². The fraction of sp³-hybridized carbons (Fsp3) is 0.556. The van der Waals surface area contributed by atoms with Gasteiger partial charge in [-0.2, -0.15) is 11.8 Å². The van der Waals surface area contributed by atoms with E-state index >= 15 is 0 Å². The predicted octanol–water partition coefficient (Wildman–Crippen LogP) is 2.39. The van der Waals surface area contributed by atoms with Crippen molar-refractivity contribution in [2.45, 2.75) is 32.7 Å². The Morgan fingerprint density at radius 3 is 2.62 bits per heavy atom. The van der Waals surface area contributed by atoms with Crippen molar-refractivity contribution in [2.24, 2.45) is 4.99 Å². The number of nitrogens with zero attached hydrogens (tertiary/aromatic N) is 1. The Balaban J connectivity index is 2.20. The van der Waals surface area contributed by atoms with E-state index in [0.29, 0.717) is 19.5 Å².